The van der Waals surface area contributed by atoms with Crippen LogP contribution in [-0.4, -0.2) is 25.0 Å². The number of nitrogens with two attached hydrogens (primary N) is 1. The molecule has 0 spiro atoms. The fourth-order valence-corrected chi connectivity index (χ4v) is 1.41. The maximum absolute atomic E-state index is 10.9. The Morgan fingerprint density at radius 2 is 2.09 bits per heavy atom. The van der Waals surface area contributed by atoms with Gasteiger partial charge in [0.1, 0.15) is 5.78 Å². The van der Waals surface area contributed by atoms with Crippen molar-refractivity contribution < 1.29 is 9.53 Å². The van der Waals surface area contributed by atoms with Gasteiger partial charge in [-0.15, -0.1) is 0 Å². The molecule has 0 bridgehead atoms. The van der Waals surface area contributed by atoms with Gasteiger partial charge in [-0.3, -0.25) is 4.79 Å². The molecule has 64 valence electrons. The minimum Gasteiger partial charge on any atom is -0.381 e. The Balaban J connectivity index is 2.38. The Morgan fingerprint density at radius 3 is 2.55 bits per heavy atom. The average Bonchev–Trinajstić information content (AvgIpc) is 2.05. The molecule has 1 saturated heterocycles. The zero-order valence-corrected chi connectivity index (χ0v) is 6.88. The lowest BCUT2D eigenvalue weighted by molar-refractivity contribution is -0.120. The van der Waals surface area contributed by atoms with Crippen LogP contribution in [0.2, 0.25) is 0 Å². The van der Waals surface area contributed by atoms with Crippen LogP contribution in [0.4, 0.5) is 0 Å². The van der Waals surface area contributed by atoms with E-state index in [-0.39, 0.29) is 11.8 Å². The van der Waals surface area contributed by atoms with E-state index in [2.05, 4.69) is 0 Å². The van der Waals surface area contributed by atoms with Gasteiger partial charge in [0.15, 0.2) is 0 Å². The lowest BCUT2D eigenvalue weighted by atomic mass is 9.90. The van der Waals surface area contributed by atoms with Crippen LogP contribution in [0.3, 0.4) is 0 Å². The summed E-state index contributed by atoms with van der Waals surface area (Å²) in [4.78, 5) is 10.9. The third kappa shape index (κ3) is 2.27. The highest BCUT2D eigenvalue weighted by Crippen LogP contribution is 2.17. The second kappa shape index (κ2) is 3.83. The molecule has 3 heteroatoms. The average molecular weight is 157 g/mol. The molecular formula is C8H15NO2. The van der Waals surface area contributed by atoms with Gasteiger partial charge in [0.2, 0.25) is 0 Å². The summed E-state index contributed by atoms with van der Waals surface area (Å²) in [6, 6.07) is -0.265. The summed E-state index contributed by atoms with van der Waals surface area (Å²) in [5, 5.41) is 0. The maximum atomic E-state index is 10.9. The zero-order valence-electron chi connectivity index (χ0n) is 6.88. The fourth-order valence-electron chi connectivity index (χ4n) is 1.41. The van der Waals surface area contributed by atoms with Crippen molar-refractivity contribution in [2.75, 3.05) is 13.2 Å². The van der Waals surface area contributed by atoms with Gasteiger partial charge in [-0.1, -0.05) is 0 Å². The lowest BCUT2D eigenvalue weighted by Crippen LogP contribution is -2.39. The molecule has 1 rings (SSSR count). The first-order valence-electron chi connectivity index (χ1n) is 4.05. The van der Waals surface area contributed by atoms with Gasteiger partial charge in [0.05, 0.1) is 6.04 Å². The number of Topliss-reactive ketones (excluding diaryl/α,β-unsaturated/α-hetero) is 1. The molecule has 1 atom stereocenters. The number of ketones is 1. The largest absolute Gasteiger partial charge is 0.381 e. The summed E-state index contributed by atoms with van der Waals surface area (Å²) >= 11 is 0. The molecule has 0 aromatic carbocycles. The summed E-state index contributed by atoms with van der Waals surface area (Å²) in [6.45, 7) is 3.07. The van der Waals surface area contributed by atoms with Gasteiger partial charge in [0.25, 0.3) is 0 Å². The van der Waals surface area contributed by atoms with E-state index in [4.69, 9.17) is 10.5 Å². The first-order valence-corrected chi connectivity index (χ1v) is 4.05. The second-order valence-corrected chi connectivity index (χ2v) is 3.09. The molecule has 1 fully saturated rings. The number of hydrogen-bond donors (Lipinski definition) is 1. The van der Waals surface area contributed by atoms with Crippen molar-refractivity contribution in [1.29, 1.82) is 0 Å². The van der Waals surface area contributed by atoms with Crippen LogP contribution < -0.4 is 5.73 Å². The van der Waals surface area contributed by atoms with Crippen LogP contribution in [0.25, 0.3) is 0 Å². The Hall–Kier alpha value is -0.410. The number of hydrogen-bond acceptors (Lipinski definition) is 3. The van der Waals surface area contributed by atoms with E-state index in [0.717, 1.165) is 26.1 Å². The highest BCUT2D eigenvalue weighted by Gasteiger charge is 2.23. The SMILES string of the molecule is CC(=O)[C@H](N)C1CCOCC1. The van der Waals surface area contributed by atoms with Gasteiger partial charge in [-0.25, -0.2) is 0 Å². The van der Waals surface area contributed by atoms with Crippen molar-refractivity contribution in [2.24, 2.45) is 11.7 Å². The summed E-state index contributed by atoms with van der Waals surface area (Å²) in [6.07, 6.45) is 1.86. The van der Waals surface area contributed by atoms with Crippen LogP contribution >= 0.6 is 0 Å². The highest BCUT2D eigenvalue weighted by molar-refractivity contribution is 5.81. The third-order valence-corrected chi connectivity index (χ3v) is 2.24. The van der Waals surface area contributed by atoms with Crippen molar-refractivity contribution >= 4 is 5.78 Å². The molecule has 0 aromatic heterocycles. The Bertz CT molecular complexity index is 141. The van der Waals surface area contributed by atoms with E-state index in [1.54, 1.807) is 6.92 Å². The predicted octanol–water partition coefficient (Wildman–Crippen LogP) is 0.329. The fraction of sp³-hybridized carbons (Fsp3) is 0.875. The summed E-state index contributed by atoms with van der Waals surface area (Å²) in [5.74, 6) is 0.443. The first-order chi connectivity index (χ1) is 5.22. The van der Waals surface area contributed by atoms with Gasteiger partial charge >= 0.3 is 0 Å². The minimum atomic E-state index is -0.265. The Labute approximate surface area is 66.9 Å². The van der Waals surface area contributed by atoms with E-state index >= 15 is 0 Å². The molecular weight excluding hydrogens is 142 g/mol. The van der Waals surface area contributed by atoms with Crippen LogP contribution in [-0.2, 0) is 9.53 Å². The normalized spacial score (nSPS) is 23.1. The molecule has 11 heavy (non-hydrogen) atoms. The van der Waals surface area contributed by atoms with Crippen molar-refractivity contribution in [1.82, 2.24) is 0 Å². The third-order valence-electron chi connectivity index (χ3n) is 2.24. The summed E-state index contributed by atoms with van der Waals surface area (Å²) < 4.78 is 5.16. The number of carbonyl (C=O) groups is 1. The van der Waals surface area contributed by atoms with E-state index < -0.39 is 0 Å². The number of carbonyl (C=O) groups excluding carboxylic acids is 1. The monoisotopic (exact) mass is 157 g/mol. The number of rotatable bonds is 2. The molecule has 2 N–H and O–H groups in total. The molecule has 0 radical (unpaired) electrons. The standard InChI is InChI=1S/C8H15NO2/c1-6(10)8(9)7-2-4-11-5-3-7/h7-8H,2-5,9H2,1H3/t8-/m0/s1. The molecule has 0 aromatic rings. The van der Waals surface area contributed by atoms with E-state index in [1.807, 2.05) is 0 Å². The summed E-state index contributed by atoms with van der Waals surface area (Å²) in [5.41, 5.74) is 5.69. The maximum Gasteiger partial charge on any atom is 0.146 e. The molecule has 1 heterocycles. The topological polar surface area (TPSA) is 52.3 Å². The first kappa shape index (κ1) is 8.68. The van der Waals surface area contributed by atoms with E-state index in [1.165, 1.54) is 0 Å². The highest BCUT2D eigenvalue weighted by atomic mass is 16.5. The van der Waals surface area contributed by atoms with Gasteiger partial charge < -0.3 is 10.5 Å². The molecule has 0 amide bonds. The van der Waals surface area contributed by atoms with E-state index in [0.29, 0.717) is 5.92 Å². The van der Waals surface area contributed by atoms with Crippen molar-refractivity contribution in [2.45, 2.75) is 25.8 Å². The molecule has 0 saturated carbocycles. The summed E-state index contributed by atoms with van der Waals surface area (Å²) in [7, 11) is 0. The number of ether oxygens (including phenoxy) is 1. The molecule has 3 nitrogen and oxygen atoms in total. The Morgan fingerprint density at radius 1 is 1.55 bits per heavy atom. The Kier molecular flexibility index (Phi) is 3.02. The quantitative estimate of drug-likeness (QED) is 0.628. The minimum absolute atomic E-state index is 0.0944. The van der Waals surface area contributed by atoms with Gasteiger partial charge in [-0.2, -0.15) is 0 Å². The molecule has 0 unspecified atom stereocenters. The molecule has 1 aliphatic heterocycles. The second-order valence-electron chi connectivity index (χ2n) is 3.09. The van der Waals surface area contributed by atoms with E-state index in [9.17, 15) is 4.79 Å². The smallest absolute Gasteiger partial charge is 0.146 e. The predicted molar refractivity (Wildman–Crippen MR) is 42.2 cm³/mol. The van der Waals surface area contributed by atoms with Crippen molar-refractivity contribution in [3.8, 4) is 0 Å². The van der Waals surface area contributed by atoms with Crippen LogP contribution in [0, 0.1) is 5.92 Å². The zero-order chi connectivity index (χ0) is 8.27. The van der Waals surface area contributed by atoms with Crippen LogP contribution in [0.15, 0.2) is 0 Å². The van der Waals surface area contributed by atoms with Gasteiger partial charge in [0, 0.05) is 13.2 Å². The van der Waals surface area contributed by atoms with Crippen molar-refractivity contribution in [3.63, 3.8) is 0 Å². The lowest BCUT2D eigenvalue weighted by Gasteiger charge is -2.25. The molecule has 1 aliphatic rings. The van der Waals surface area contributed by atoms with Crippen LogP contribution in [0.5, 0.6) is 0 Å². The molecule has 0 aliphatic carbocycles. The van der Waals surface area contributed by atoms with Crippen LogP contribution in [0.1, 0.15) is 19.8 Å². The van der Waals surface area contributed by atoms with Crippen molar-refractivity contribution in [3.05, 3.63) is 0 Å². The van der Waals surface area contributed by atoms with Gasteiger partial charge in [-0.05, 0) is 25.7 Å².